The van der Waals surface area contributed by atoms with Crippen LogP contribution < -0.4 is 9.46 Å². The molecule has 0 unspecified atom stereocenters. The van der Waals surface area contributed by atoms with Crippen molar-refractivity contribution in [2.24, 2.45) is 0 Å². The average molecular weight is 493 g/mol. The van der Waals surface area contributed by atoms with Gasteiger partial charge in [0.25, 0.3) is 10.0 Å². The van der Waals surface area contributed by atoms with Crippen molar-refractivity contribution in [3.63, 3.8) is 0 Å². The van der Waals surface area contributed by atoms with Gasteiger partial charge in [0.1, 0.15) is 5.75 Å². The zero-order valence-corrected chi connectivity index (χ0v) is 17.4. The molecule has 2 rings (SSSR count). The standard InChI is InChI=1S/C18H16BrF3N2O4S/c1-24(12-13-4-2-3-5-16(13)19)17(25)10-11-23-29(26,27)15-8-6-14(7-9-15)28-18(20,21)22/h2-11,23H,12H2,1H3. The summed E-state index contributed by atoms with van der Waals surface area (Å²) in [6.45, 7) is 0.304. The SMILES string of the molecule is CN(Cc1ccccc1Br)C(=O)C=CNS(=O)(=O)c1ccc(OC(F)(F)F)cc1. The third-order valence-corrected chi connectivity index (χ3v) is 5.67. The van der Waals surface area contributed by atoms with E-state index in [0.29, 0.717) is 6.54 Å². The summed E-state index contributed by atoms with van der Waals surface area (Å²) < 4.78 is 67.3. The lowest BCUT2D eigenvalue weighted by molar-refractivity contribution is -0.274. The van der Waals surface area contributed by atoms with Crippen LogP contribution in [0.15, 0.2) is 70.2 Å². The molecule has 0 heterocycles. The number of likely N-dealkylation sites (N-methyl/N-ethyl adjacent to an activating group) is 1. The maximum absolute atomic E-state index is 12.2. The first-order valence-electron chi connectivity index (χ1n) is 8.01. The van der Waals surface area contributed by atoms with Gasteiger partial charge in [-0.05, 0) is 35.9 Å². The van der Waals surface area contributed by atoms with Crippen LogP contribution >= 0.6 is 15.9 Å². The molecule has 6 nitrogen and oxygen atoms in total. The van der Waals surface area contributed by atoms with Crippen molar-refractivity contribution in [2.75, 3.05) is 7.05 Å². The Balaban J connectivity index is 1.97. The predicted octanol–water partition coefficient (Wildman–Crippen LogP) is 3.80. The Morgan fingerprint density at radius 2 is 1.79 bits per heavy atom. The molecule has 1 N–H and O–H groups in total. The predicted molar refractivity (Wildman–Crippen MR) is 103 cm³/mol. The molecule has 0 spiro atoms. The number of halogens is 4. The van der Waals surface area contributed by atoms with Crippen molar-refractivity contribution in [1.29, 1.82) is 0 Å². The molecule has 0 aliphatic heterocycles. The van der Waals surface area contributed by atoms with Crippen molar-refractivity contribution in [3.8, 4) is 5.75 Å². The zero-order chi connectivity index (χ0) is 21.7. The molecule has 2 aromatic rings. The molecule has 156 valence electrons. The second kappa shape index (κ2) is 9.31. The van der Waals surface area contributed by atoms with Crippen LogP contribution in [-0.2, 0) is 21.4 Å². The number of alkyl halides is 3. The Kier molecular flexibility index (Phi) is 7.31. The van der Waals surface area contributed by atoms with Crippen LogP contribution in [0.3, 0.4) is 0 Å². The van der Waals surface area contributed by atoms with Gasteiger partial charge in [0.2, 0.25) is 5.91 Å². The fourth-order valence-electron chi connectivity index (χ4n) is 2.17. The quantitative estimate of drug-likeness (QED) is 0.596. The molecule has 0 saturated heterocycles. The maximum Gasteiger partial charge on any atom is 0.573 e. The van der Waals surface area contributed by atoms with Gasteiger partial charge >= 0.3 is 6.36 Å². The number of nitrogens with zero attached hydrogens (tertiary/aromatic N) is 1. The summed E-state index contributed by atoms with van der Waals surface area (Å²) in [5.74, 6) is -0.992. The van der Waals surface area contributed by atoms with Crippen LogP contribution in [0.2, 0.25) is 0 Å². The number of amides is 1. The molecule has 0 fully saturated rings. The van der Waals surface area contributed by atoms with Gasteiger partial charge in [-0.2, -0.15) is 0 Å². The van der Waals surface area contributed by atoms with E-state index in [-0.39, 0.29) is 4.90 Å². The van der Waals surface area contributed by atoms with E-state index in [1.54, 1.807) is 7.05 Å². The smallest absolute Gasteiger partial charge is 0.406 e. The van der Waals surface area contributed by atoms with E-state index < -0.39 is 28.0 Å². The van der Waals surface area contributed by atoms with Gasteiger partial charge in [-0.15, -0.1) is 13.2 Å². The van der Waals surface area contributed by atoms with Crippen LogP contribution in [0.4, 0.5) is 13.2 Å². The number of hydrogen-bond acceptors (Lipinski definition) is 4. The molecule has 0 radical (unpaired) electrons. The fourth-order valence-corrected chi connectivity index (χ4v) is 3.46. The lowest BCUT2D eigenvalue weighted by Gasteiger charge is -2.16. The highest BCUT2D eigenvalue weighted by Gasteiger charge is 2.31. The highest BCUT2D eigenvalue weighted by Crippen LogP contribution is 2.23. The number of sulfonamides is 1. The van der Waals surface area contributed by atoms with Crippen molar-refractivity contribution >= 4 is 31.9 Å². The van der Waals surface area contributed by atoms with E-state index in [1.165, 1.54) is 4.90 Å². The summed E-state index contributed by atoms with van der Waals surface area (Å²) in [6, 6.07) is 11.0. The third-order valence-electron chi connectivity index (χ3n) is 3.56. The Labute approximate surface area is 174 Å². The summed E-state index contributed by atoms with van der Waals surface area (Å²) in [5, 5.41) is 0. The van der Waals surface area contributed by atoms with E-state index in [9.17, 15) is 26.4 Å². The van der Waals surface area contributed by atoms with Crippen LogP contribution in [0.25, 0.3) is 0 Å². The number of benzene rings is 2. The minimum absolute atomic E-state index is 0.286. The van der Waals surface area contributed by atoms with Crippen molar-refractivity contribution in [1.82, 2.24) is 9.62 Å². The minimum atomic E-state index is -4.87. The van der Waals surface area contributed by atoms with E-state index in [1.807, 2.05) is 24.3 Å². The summed E-state index contributed by atoms with van der Waals surface area (Å²) in [6.07, 6.45) is -2.88. The normalized spacial score (nSPS) is 12.0. The van der Waals surface area contributed by atoms with Crippen LogP contribution in [-0.4, -0.2) is 32.6 Å². The summed E-state index contributed by atoms with van der Waals surface area (Å²) in [4.78, 5) is 13.2. The third kappa shape index (κ3) is 7.09. The number of carbonyl (C=O) groups excluding carboxylic acids is 1. The molecule has 11 heteroatoms. The summed E-state index contributed by atoms with van der Waals surface area (Å²) in [7, 11) is -2.50. The molecule has 0 bridgehead atoms. The first-order chi connectivity index (χ1) is 13.5. The lowest BCUT2D eigenvalue weighted by atomic mass is 10.2. The first-order valence-corrected chi connectivity index (χ1v) is 10.3. The number of hydrogen-bond donors (Lipinski definition) is 1. The second-order valence-corrected chi connectivity index (χ2v) is 8.33. The van der Waals surface area contributed by atoms with E-state index in [2.05, 4.69) is 25.4 Å². The topological polar surface area (TPSA) is 75.7 Å². The molecule has 0 aliphatic carbocycles. The number of rotatable bonds is 7. The molecule has 2 aromatic carbocycles. The average Bonchev–Trinajstić information content (AvgIpc) is 2.62. The highest BCUT2D eigenvalue weighted by atomic mass is 79.9. The van der Waals surface area contributed by atoms with Crippen LogP contribution in [0.5, 0.6) is 5.75 Å². The van der Waals surface area contributed by atoms with Gasteiger partial charge in [0.05, 0.1) is 4.90 Å². The largest absolute Gasteiger partial charge is 0.573 e. The van der Waals surface area contributed by atoms with E-state index in [4.69, 9.17) is 0 Å². The van der Waals surface area contributed by atoms with E-state index in [0.717, 1.165) is 46.6 Å². The van der Waals surface area contributed by atoms with Gasteiger partial charge in [-0.25, -0.2) is 8.42 Å². The number of ether oxygens (including phenoxy) is 1. The van der Waals surface area contributed by atoms with Gasteiger partial charge < -0.3 is 9.64 Å². The van der Waals surface area contributed by atoms with Gasteiger partial charge in [-0.3, -0.25) is 9.52 Å². The van der Waals surface area contributed by atoms with Gasteiger partial charge in [0.15, 0.2) is 0 Å². The molecule has 0 aliphatic rings. The summed E-state index contributed by atoms with van der Waals surface area (Å²) >= 11 is 3.38. The molecular weight excluding hydrogens is 477 g/mol. The van der Waals surface area contributed by atoms with Crippen LogP contribution in [0.1, 0.15) is 5.56 Å². The number of nitrogens with one attached hydrogen (secondary N) is 1. The molecule has 0 saturated carbocycles. The molecular formula is C18H16BrF3N2O4S. The van der Waals surface area contributed by atoms with Crippen molar-refractivity contribution in [2.45, 2.75) is 17.8 Å². The monoisotopic (exact) mass is 492 g/mol. The molecule has 0 atom stereocenters. The lowest BCUT2D eigenvalue weighted by Crippen LogP contribution is -2.25. The van der Waals surface area contributed by atoms with Gasteiger partial charge in [-0.1, -0.05) is 34.1 Å². The van der Waals surface area contributed by atoms with Crippen LogP contribution in [0, 0.1) is 0 Å². The van der Waals surface area contributed by atoms with E-state index >= 15 is 0 Å². The minimum Gasteiger partial charge on any atom is -0.406 e. The fraction of sp³-hybridized carbons (Fsp3) is 0.167. The molecule has 29 heavy (non-hydrogen) atoms. The van der Waals surface area contributed by atoms with Crippen molar-refractivity contribution < 1.29 is 31.1 Å². The van der Waals surface area contributed by atoms with Gasteiger partial charge in [0, 0.05) is 30.3 Å². The Bertz CT molecular complexity index is 993. The summed E-state index contributed by atoms with van der Waals surface area (Å²) in [5.41, 5.74) is 0.874. The van der Waals surface area contributed by atoms with Crippen molar-refractivity contribution in [3.05, 3.63) is 70.8 Å². The zero-order valence-electron chi connectivity index (χ0n) is 15.0. The number of carbonyl (C=O) groups is 1. The Morgan fingerprint density at radius 1 is 1.17 bits per heavy atom. The molecule has 0 aromatic heterocycles. The second-order valence-electron chi connectivity index (χ2n) is 5.76. The Morgan fingerprint density at radius 3 is 2.38 bits per heavy atom. The maximum atomic E-state index is 12.2. The molecule has 1 amide bonds. The first kappa shape index (κ1) is 22.8. The highest BCUT2D eigenvalue weighted by molar-refractivity contribution is 9.10. The Hall–Kier alpha value is -2.53.